The van der Waals surface area contributed by atoms with Crippen LogP contribution in [-0.2, 0) is 0 Å². The Morgan fingerprint density at radius 2 is 0.562 bits per heavy atom. The van der Waals surface area contributed by atoms with E-state index < -0.39 is 15.9 Å². The van der Waals surface area contributed by atoms with Gasteiger partial charge in [0.1, 0.15) is 0 Å². The van der Waals surface area contributed by atoms with Crippen molar-refractivity contribution in [3.63, 3.8) is 0 Å². The van der Waals surface area contributed by atoms with E-state index in [2.05, 4.69) is 152 Å². The Kier molecular flexibility index (Phi) is 5.97. The largest absolute Gasteiger partial charge is 0.234 e. The fraction of sp³-hybridized carbons (Fsp3) is 0. The molecular weight excluding hydrogens is 417 g/mol. The molecule has 0 aliphatic heterocycles. The van der Waals surface area contributed by atoms with Gasteiger partial charge in [0.2, 0.25) is 0 Å². The summed E-state index contributed by atoms with van der Waals surface area (Å²) in [5.74, 6) is 0. The smallest absolute Gasteiger partial charge is 0.0239 e. The van der Waals surface area contributed by atoms with E-state index in [9.17, 15) is 0 Å². The van der Waals surface area contributed by atoms with E-state index >= 15 is 0 Å². The minimum Gasteiger partial charge on any atom is -0.234 e. The predicted octanol–water partition coefficient (Wildman–Crippen LogP) is 3.54. The Labute approximate surface area is 193 Å². The fourth-order valence-electron chi connectivity index (χ4n) is 4.81. The molecule has 2 heteroatoms. The first kappa shape index (κ1) is 20.4. The summed E-state index contributed by atoms with van der Waals surface area (Å²) in [5.41, 5.74) is 0. The van der Waals surface area contributed by atoms with Gasteiger partial charge in [0, 0.05) is 7.59 Å². The van der Waals surface area contributed by atoms with Crippen molar-refractivity contribution in [1.82, 2.24) is 0 Å². The molecule has 0 aliphatic carbocycles. The average molecular weight is 442 g/mol. The molecule has 32 heavy (non-hydrogen) atoms. The van der Waals surface area contributed by atoms with E-state index in [0.29, 0.717) is 0 Å². The monoisotopic (exact) mass is 441 g/mol. The minimum atomic E-state index is -2.43. The van der Waals surface area contributed by atoms with Gasteiger partial charge in [-0.2, -0.15) is 10.4 Å². The minimum absolute atomic E-state index is 1.22. The maximum atomic E-state index is 2.36. The van der Waals surface area contributed by atoms with Gasteiger partial charge in [0.25, 0.3) is 0 Å². The molecule has 5 rings (SSSR count). The van der Waals surface area contributed by atoms with Crippen molar-refractivity contribution >= 4 is 41.8 Å². The summed E-state index contributed by atoms with van der Waals surface area (Å²) < 4.78 is 0. The average Bonchev–Trinajstić information content (AvgIpc) is 2.90. The van der Waals surface area contributed by atoms with Crippen LogP contribution in [0, 0.1) is 0 Å². The third-order valence-electron chi connectivity index (χ3n) is 6.12. The van der Waals surface area contributed by atoms with Crippen LogP contribution in [0.4, 0.5) is 0 Å². The molecule has 0 heterocycles. The Morgan fingerprint density at radius 3 is 0.844 bits per heavy atom. The lowest BCUT2D eigenvalue weighted by molar-refractivity contribution is 1.69. The van der Waals surface area contributed by atoms with Crippen LogP contribution < -0.4 is 25.9 Å². The summed E-state index contributed by atoms with van der Waals surface area (Å²) in [7, 11) is -3.65. The van der Waals surface area contributed by atoms with Crippen LogP contribution in [0.5, 0.6) is 0 Å². The highest BCUT2D eigenvalue weighted by molar-refractivity contribution is 7.56. The highest BCUT2D eigenvalue weighted by Gasteiger charge is 2.37. The number of hydrogen-bond donors (Lipinski definition) is 0. The van der Waals surface area contributed by atoms with Crippen molar-refractivity contribution in [3.8, 4) is 0 Å². The zero-order chi connectivity index (χ0) is 21.6. The van der Waals surface area contributed by atoms with Crippen LogP contribution in [0.3, 0.4) is 0 Å². The van der Waals surface area contributed by atoms with Gasteiger partial charge < -0.3 is 0 Å². The van der Waals surface area contributed by atoms with Crippen molar-refractivity contribution < 1.29 is 0 Å². The first-order valence-electron chi connectivity index (χ1n) is 11.1. The van der Waals surface area contributed by atoms with Crippen LogP contribution >= 0.6 is 0 Å². The summed E-state index contributed by atoms with van der Waals surface area (Å²) >= 11 is 0. The van der Waals surface area contributed by atoms with Crippen molar-refractivity contribution in [2.75, 3.05) is 0 Å². The third kappa shape index (κ3) is 3.68. The van der Waals surface area contributed by atoms with Gasteiger partial charge in [0.05, 0.1) is 0 Å². The quantitative estimate of drug-likeness (QED) is 0.279. The van der Waals surface area contributed by atoms with Crippen molar-refractivity contribution in [1.29, 1.82) is 0 Å². The third-order valence-corrected chi connectivity index (χ3v) is 18.9. The van der Waals surface area contributed by atoms with Crippen LogP contribution in [0.15, 0.2) is 152 Å². The Morgan fingerprint density at radius 1 is 0.312 bits per heavy atom. The lowest BCUT2D eigenvalue weighted by Crippen LogP contribution is -2.82. The molecule has 0 unspecified atom stereocenters. The molecule has 0 aromatic heterocycles. The van der Waals surface area contributed by atoms with Gasteiger partial charge in [-0.05, 0) is 0 Å². The van der Waals surface area contributed by atoms with Crippen LogP contribution in [0.2, 0.25) is 0 Å². The van der Waals surface area contributed by atoms with E-state index in [1.807, 2.05) is 0 Å². The molecule has 5 aromatic carbocycles. The summed E-state index contributed by atoms with van der Waals surface area (Å²) in [6, 6.07) is 56.3. The molecule has 0 radical (unpaired) electrons. The molecular formula is C30H25Si2-. The van der Waals surface area contributed by atoms with Gasteiger partial charge in [-0.3, -0.25) is 0 Å². The number of benzene rings is 5. The molecule has 5 aromatic rings. The van der Waals surface area contributed by atoms with E-state index in [-0.39, 0.29) is 0 Å². The maximum Gasteiger partial charge on any atom is 0.0239 e. The normalized spacial score (nSPS) is 11.1. The molecule has 0 spiro atoms. The Balaban J connectivity index is 1.94. The predicted molar refractivity (Wildman–Crippen MR) is 142 cm³/mol. The Bertz CT molecular complexity index is 1100. The number of rotatable bonds is 6. The van der Waals surface area contributed by atoms with E-state index in [0.717, 1.165) is 0 Å². The molecule has 0 N–H and O–H groups in total. The van der Waals surface area contributed by atoms with E-state index in [1.54, 1.807) is 0 Å². The van der Waals surface area contributed by atoms with Crippen LogP contribution in [-0.4, -0.2) is 15.9 Å². The second-order valence-electron chi connectivity index (χ2n) is 7.96. The van der Waals surface area contributed by atoms with Crippen molar-refractivity contribution in [2.45, 2.75) is 0 Å². The molecule has 0 amide bonds. The van der Waals surface area contributed by atoms with Gasteiger partial charge >= 0.3 is 0 Å². The Hall–Kier alpha value is -3.47. The zero-order valence-corrected chi connectivity index (χ0v) is 19.9. The zero-order valence-electron chi connectivity index (χ0n) is 17.9. The maximum absolute atomic E-state index is 2.43. The molecule has 0 fully saturated rings. The van der Waals surface area contributed by atoms with E-state index in [1.165, 1.54) is 25.9 Å². The summed E-state index contributed by atoms with van der Waals surface area (Å²) in [4.78, 5) is 0. The van der Waals surface area contributed by atoms with Crippen LogP contribution in [0.25, 0.3) is 0 Å². The SMILES string of the molecule is c1ccc([Si-](c2ccccc2)[Si](c2ccccc2)(c2ccccc2)c2ccccc2)cc1. The summed E-state index contributed by atoms with van der Waals surface area (Å²) in [6.07, 6.45) is 0. The summed E-state index contributed by atoms with van der Waals surface area (Å²) in [5, 5.41) is 7.34. The highest BCUT2D eigenvalue weighted by atomic mass is 29.2. The highest BCUT2D eigenvalue weighted by Crippen LogP contribution is 2.13. The molecule has 0 nitrogen and oxygen atoms in total. The van der Waals surface area contributed by atoms with Crippen LogP contribution in [0.1, 0.15) is 0 Å². The van der Waals surface area contributed by atoms with Gasteiger partial charge in [-0.1, -0.05) is 167 Å². The number of hydrogen-bond acceptors (Lipinski definition) is 0. The second kappa shape index (κ2) is 9.35. The second-order valence-corrected chi connectivity index (χ2v) is 16.8. The molecule has 0 aliphatic rings. The molecule has 0 bridgehead atoms. The first-order chi connectivity index (χ1) is 15.9. The van der Waals surface area contributed by atoms with Gasteiger partial charge in [-0.25, -0.2) is 8.31 Å². The lowest BCUT2D eigenvalue weighted by atomic mass is 10.3. The topological polar surface area (TPSA) is 0 Å². The van der Waals surface area contributed by atoms with Gasteiger partial charge in [0.15, 0.2) is 0 Å². The van der Waals surface area contributed by atoms with E-state index in [4.69, 9.17) is 0 Å². The fourth-order valence-corrected chi connectivity index (χ4v) is 18.7. The van der Waals surface area contributed by atoms with Gasteiger partial charge in [-0.15, -0.1) is 0 Å². The lowest BCUT2D eigenvalue weighted by Gasteiger charge is -2.53. The molecule has 0 saturated heterocycles. The molecule has 0 atom stereocenters. The van der Waals surface area contributed by atoms with Crippen molar-refractivity contribution in [3.05, 3.63) is 152 Å². The van der Waals surface area contributed by atoms with Crippen molar-refractivity contribution in [2.24, 2.45) is 0 Å². The summed E-state index contributed by atoms with van der Waals surface area (Å²) in [6.45, 7) is 0. The first-order valence-corrected chi connectivity index (χ1v) is 15.6. The standard InChI is InChI=1S/C30H25Si2/c1-6-16-26(17-7-1)31(27-18-8-2-9-19-27)32(28-20-10-3-11-21-28,29-22-12-4-13-23-29)30-24-14-5-15-25-30/h1-25H/q-1. The molecule has 154 valence electrons. The molecule has 0 saturated carbocycles.